The van der Waals surface area contributed by atoms with E-state index in [9.17, 15) is 23.3 Å². The lowest BCUT2D eigenvalue weighted by Crippen LogP contribution is -2.20. The van der Waals surface area contributed by atoms with Crippen LogP contribution in [0.1, 0.15) is 0 Å². The molecule has 0 aliphatic carbocycles. The first-order valence-electron chi connectivity index (χ1n) is 6.28. The molecule has 2 aromatic rings. The highest BCUT2D eigenvalue weighted by Crippen LogP contribution is 2.21. The molecule has 11 heteroatoms. The number of rotatable bonds is 6. The Morgan fingerprint density at radius 1 is 1.35 bits per heavy atom. The van der Waals surface area contributed by atoms with E-state index in [1.54, 1.807) is 12.1 Å². The summed E-state index contributed by atoms with van der Waals surface area (Å²) in [5.74, 6) is -0.509. The first-order valence-corrected chi connectivity index (χ1v) is 8.17. The van der Waals surface area contributed by atoms with Crippen molar-refractivity contribution >= 4 is 33.0 Å². The minimum atomic E-state index is -3.49. The third-order valence-electron chi connectivity index (χ3n) is 2.63. The van der Waals surface area contributed by atoms with Crippen LogP contribution in [0.3, 0.4) is 0 Å². The Morgan fingerprint density at radius 2 is 2.00 bits per heavy atom. The second-order valence-electron chi connectivity index (χ2n) is 4.62. The maximum Gasteiger partial charge on any atom is 0.307 e. The number of hydrogen-bond donors (Lipinski definition) is 2. The third-order valence-corrected chi connectivity index (χ3v) is 3.22. The van der Waals surface area contributed by atoms with Crippen LogP contribution in [0.5, 0.6) is 0 Å². The molecule has 0 saturated carbocycles. The topological polar surface area (TPSA) is 136 Å². The largest absolute Gasteiger partial charge is 0.323 e. The number of hydrogen-bond acceptors (Lipinski definition) is 6. The van der Waals surface area contributed by atoms with Gasteiger partial charge in [0.05, 0.1) is 22.6 Å². The van der Waals surface area contributed by atoms with Gasteiger partial charge in [-0.1, -0.05) is 12.1 Å². The van der Waals surface area contributed by atoms with Crippen LogP contribution in [0, 0.1) is 10.1 Å². The summed E-state index contributed by atoms with van der Waals surface area (Å²) in [7, 11) is -3.49. The van der Waals surface area contributed by atoms with Gasteiger partial charge >= 0.3 is 5.69 Å². The summed E-state index contributed by atoms with van der Waals surface area (Å²) in [6.45, 7) is -0.249. The molecule has 0 aliphatic heterocycles. The molecule has 1 heterocycles. The minimum absolute atomic E-state index is 0.217. The monoisotopic (exact) mass is 339 g/mol. The normalized spacial score (nSPS) is 11.0. The second-order valence-corrected chi connectivity index (χ2v) is 6.37. The van der Waals surface area contributed by atoms with Crippen LogP contribution in [-0.2, 0) is 21.4 Å². The van der Waals surface area contributed by atoms with Gasteiger partial charge in [0, 0.05) is 0 Å². The summed E-state index contributed by atoms with van der Waals surface area (Å²) >= 11 is 0. The molecule has 1 aromatic carbocycles. The second kappa shape index (κ2) is 6.44. The van der Waals surface area contributed by atoms with Gasteiger partial charge in [0.2, 0.25) is 15.9 Å². The van der Waals surface area contributed by atoms with Gasteiger partial charge in [-0.15, -0.1) is 0 Å². The zero-order valence-corrected chi connectivity index (χ0v) is 12.8. The van der Waals surface area contributed by atoms with E-state index in [-0.39, 0.29) is 23.6 Å². The number of nitrogens with zero attached hydrogens (tertiary/aromatic N) is 3. The maximum absolute atomic E-state index is 12.0. The molecule has 2 rings (SSSR count). The van der Waals surface area contributed by atoms with Gasteiger partial charge in [-0.2, -0.15) is 5.10 Å². The van der Waals surface area contributed by atoms with Gasteiger partial charge in [-0.3, -0.25) is 24.3 Å². The van der Waals surface area contributed by atoms with Gasteiger partial charge in [-0.05, 0) is 12.1 Å². The first kappa shape index (κ1) is 16.4. The van der Waals surface area contributed by atoms with Crippen molar-refractivity contribution in [3.8, 4) is 0 Å². The molecule has 1 amide bonds. The summed E-state index contributed by atoms with van der Waals surface area (Å²) in [5, 5.41) is 16.8. The molecule has 10 nitrogen and oxygen atoms in total. The molecule has 2 N–H and O–H groups in total. The van der Waals surface area contributed by atoms with E-state index >= 15 is 0 Å². The number of carbonyl (C=O) groups is 1. The van der Waals surface area contributed by atoms with Crippen LogP contribution in [0.4, 0.5) is 17.1 Å². The Labute approximate surface area is 131 Å². The van der Waals surface area contributed by atoms with Crippen molar-refractivity contribution in [2.24, 2.45) is 0 Å². The van der Waals surface area contributed by atoms with E-state index < -0.39 is 20.9 Å². The van der Waals surface area contributed by atoms with E-state index in [1.165, 1.54) is 12.1 Å². The predicted molar refractivity (Wildman–Crippen MR) is 82.4 cm³/mol. The minimum Gasteiger partial charge on any atom is -0.323 e. The van der Waals surface area contributed by atoms with Crippen molar-refractivity contribution in [3.63, 3.8) is 0 Å². The molecule has 0 spiro atoms. The zero-order chi connectivity index (χ0) is 17.0. The van der Waals surface area contributed by atoms with Crippen molar-refractivity contribution in [2.75, 3.05) is 16.3 Å². The molecule has 0 saturated heterocycles. The van der Waals surface area contributed by atoms with Gasteiger partial charge in [0.1, 0.15) is 18.9 Å². The van der Waals surface area contributed by atoms with Crippen LogP contribution in [0.15, 0.2) is 36.7 Å². The summed E-state index contributed by atoms with van der Waals surface area (Å²) in [5.41, 5.74) is 0.260. The molecule has 0 fully saturated rings. The summed E-state index contributed by atoms with van der Waals surface area (Å²) < 4.78 is 26.0. The number of aromatic nitrogens is 2. The fourth-order valence-corrected chi connectivity index (χ4v) is 2.33. The van der Waals surface area contributed by atoms with Crippen LogP contribution in [0.2, 0.25) is 0 Å². The number of benzene rings is 1. The quantitative estimate of drug-likeness (QED) is 0.590. The lowest BCUT2D eigenvalue weighted by molar-refractivity contribution is -0.385. The van der Waals surface area contributed by atoms with Crippen LogP contribution in [-0.4, -0.2) is 35.3 Å². The number of nitrogens with one attached hydrogen (secondary N) is 2. The number of anilines is 2. The Balaban J connectivity index is 2.09. The van der Waals surface area contributed by atoms with Crippen molar-refractivity contribution in [1.82, 2.24) is 9.78 Å². The van der Waals surface area contributed by atoms with E-state index in [2.05, 4.69) is 15.1 Å². The average molecular weight is 339 g/mol. The van der Waals surface area contributed by atoms with E-state index in [0.717, 1.165) is 23.3 Å². The smallest absolute Gasteiger partial charge is 0.307 e. The van der Waals surface area contributed by atoms with Crippen molar-refractivity contribution < 1.29 is 18.1 Å². The maximum atomic E-state index is 12.0. The fourth-order valence-electron chi connectivity index (χ4n) is 1.75. The molecule has 23 heavy (non-hydrogen) atoms. The number of nitro groups is 1. The number of para-hydroxylation sites is 2. The molecule has 122 valence electrons. The summed E-state index contributed by atoms with van der Waals surface area (Å²) in [6.07, 6.45) is 3.15. The number of sulfonamides is 1. The van der Waals surface area contributed by atoms with Gasteiger partial charge in [0.15, 0.2) is 0 Å². The number of carbonyl (C=O) groups excluding carboxylic acids is 1. The molecule has 0 radical (unpaired) electrons. The fraction of sp³-hybridized carbons (Fsp3) is 0.167. The molecular formula is C12H13N5O5S. The average Bonchev–Trinajstić information content (AvgIpc) is 2.88. The Kier molecular flexibility index (Phi) is 4.60. The highest BCUT2D eigenvalue weighted by molar-refractivity contribution is 7.92. The third kappa shape index (κ3) is 4.78. The Morgan fingerprint density at radius 3 is 2.57 bits per heavy atom. The molecule has 0 aliphatic rings. The highest BCUT2D eigenvalue weighted by Gasteiger charge is 2.13. The highest BCUT2D eigenvalue weighted by atomic mass is 32.2. The van der Waals surface area contributed by atoms with E-state index in [0.29, 0.717) is 0 Å². The Hall–Kier alpha value is -2.95. The first-order chi connectivity index (χ1) is 10.7. The predicted octanol–water partition coefficient (Wildman–Crippen LogP) is 0.801. The van der Waals surface area contributed by atoms with Crippen molar-refractivity contribution in [1.29, 1.82) is 0 Å². The van der Waals surface area contributed by atoms with Gasteiger partial charge in [-0.25, -0.2) is 8.42 Å². The number of amides is 1. The van der Waals surface area contributed by atoms with E-state index in [1.807, 2.05) is 0 Å². The zero-order valence-electron chi connectivity index (χ0n) is 12.0. The standard InChI is InChI=1S/C12H13N5O5S/c1-23(21,22)15-11-5-3-2-4-10(11)14-12(18)8-16-7-9(6-13-16)17(19)20/h2-7,15H,8H2,1H3,(H,14,18). The molecule has 1 aromatic heterocycles. The summed E-state index contributed by atoms with van der Waals surface area (Å²) in [4.78, 5) is 21.9. The molecular weight excluding hydrogens is 326 g/mol. The van der Waals surface area contributed by atoms with Crippen LogP contribution >= 0.6 is 0 Å². The van der Waals surface area contributed by atoms with Gasteiger partial charge < -0.3 is 5.32 Å². The van der Waals surface area contributed by atoms with Gasteiger partial charge in [0.25, 0.3) is 0 Å². The molecule has 0 atom stereocenters. The lowest BCUT2D eigenvalue weighted by atomic mass is 10.2. The molecule has 0 bridgehead atoms. The van der Waals surface area contributed by atoms with Crippen LogP contribution < -0.4 is 10.0 Å². The van der Waals surface area contributed by atoms with Crippen molar-refractivity contribution in [2.45, 2.75) is 6.54 Å². The van der Waals surface area contributed by atoms with Crippen molar-refractivity contribution in [3.05, 3.63) is 46.8 Å². The Bertz CT molecular complexity index is 845. The van der Waals surface area contributed by atoms with E-state index in [4.69, 9.17) is 0 Å². The lowest BCUT2D eigenvalue weighted by Gasteiger charge is -2.11. The van der Waals surface area contributed by atoms with Crippen LogP contribution in [0.25, 0.3) is 0 Å². The molecule has 0 unspecified atom stereocenters. The SMILES string of the molecule is CS(=O)(=O)Nc1ccccc1NC(=O)Cn1cc([N+](=O)[O-])cn1. The summed E-state index contributed by atoms with van der Waals surface area (Å²) in [6, 6.07) is 6.26.